The van der Waals surface area contributed by atoms with Crippen LogP contribution in [0.3, 0.4) is 0 Å². The Hall–Kier alpha value is -1.95. The first-order chi connectivity index (χ1) is 9.35. The molecule has 0 unspecified atom stereocenters. The largest absolute Gasteiger partial charge is 0.493 e. The van der Waals surface area contributed by atoms with Gasteiger partial charge >= 0.3 is 0 Å². The number of hydrogen-bond donors (Lipinski definition) is 1. The fraction of sp³-hybridized carbons (Fsp3) is 0.462. The number of fused-ring (bicyclic) bond motifs is 1. The molecule has 1 N–H and O–H groups in total. The normalized spacial score (nSPS) is 14.2. The second kappa shape index (κ2) is 4.97. The van der Waals surface area contributed by atoms with Crippen molar-refractivity contribution in [1.82, 2.24) is 25.1 Å². The zero-order chi connectivity index (χ0) is 13.2. The second-order valence-electron chi connectivity index (χ2n) is 4.45. The van der Waals surface area contributed by atoms with E-state index in [0.717, 1.165) is 54.4 Å². The quantitative estimate of drug-likeness (QED) is 0.891. The van der Waals surface area contributed by atoms with Crippen LogP contribution in [0.25, 0.3) is 11.4 Å². The van der Waals surface area contributed by atoms with E-state index in [1.54, 1.807) is 19.6 Å². The summed E-state index contributed by atoms with van der Waals surface area (Å²) in [7, 11) is 1.66. The molecule has 0 fully saturated rings. The molecule has 0 bridgehead atoms. The molecule has 0 aromatic carbocycles. The van der Waals surface area contributed by atoms with Gasteiger partial charge in [0.15, 0.2) is 5.75 Å². The number of nitrogens with zero attached hydrogens (tertiary/aromatic N) is 4. The first kappa shape index (κ1) is 12.1. The minimum Gasteiger partial charge on any atom is -0.493 e. The molecule has 100 valence electrons. The van der Waals surface area contributed by atoms with Crippen molar-refractivity contribution in [2.45, 2.75) is 26.4 Å². The van der Waals surface area contributed by atoms with Gasteiger partial charge in [-0.3, -0.25) is 4.68 Å². The molecule has 6 heteroatoms. The summed E-state index contributed by atoms with van der Waals surface area (Å²) < 4.78 is 7.32. The molecule has 0 radical (unpaired) electrons. The lowest BCUT2D eigenvalue weighted by Gasteiger charge is -2.19. The molecule has 0 saturated heterocycles. The Kier molecular flexibility index (Phi) is 3.16. The summed E-state index contributed by atoms with van der Waals surface area (Å²) >= 11 is 0. The number of ether oxygens (including phenoxy) is 1. The minimum absolute atomic E-state index is 0.758. The molecule has 0 atom stereocenters. The summed E-state index contributed by atoms with van der Waals surface area (Å²) in [6, 6.07) is 0. The number of aromatic nitrogens is 4. The maximum atomic E-state index is 5.41. The first-order valence-electron chi connectivity index (χ1n) is 6.48. The van der Waals surface area contributed by atoms with Crippen LogP contribution in [0.2, 0.25) is 0 Å². The van der Waals surface area contributed by atoms with Crippen LogP contribution >= 0.6 is 0 Å². The molecule has 0 spiro atoms. The lowest BCUT2D eigenvalue weighted by molar-refractivity contribution is 0.415. The van der Waals surface area contributed by atoms with E-state index in [9.17, 15) is 0 Å². The van der Waals surface area contributed by atoms with E-state index in [-0.39, 0.29) is 0 Å². The van der Waals surface area contributed by atoms with Crippen LogP contribution in [0.5, 0.6) is 5.75 Å². The van der Waals surface area contributed by atoms with E-state index >= 15 is 0 Å². The lowest BCUT2D eigenvalue weighted by atomic mass is 10.0. The SMILES string of the molecule is CCn1ncc(OC)c1-c1ncnc2c1CNCC2. The lowest BCUT2D eigenvalue weighted by Crippen LogP contribution is -2.26. The molecule has 1 aliphatic rings. The van der Waals surface area contributed by atoms with Crippen molar-refractivity contribution in [3.05, 3.63) is 23.8 Å². The zero-order valence-corrected chi connectivity index (χ0v) is 11.2. The van der Waals surface area contributed by atoms with Gasteiger partial charge in [0.05, 0.1) is 19.0 Å². The van der Waals surface area contributed by atoms with Crippen molar-refractivity contribution < 1.29 is 4.74 Å². The Balaban J connectivity index is 2.19. The van der Waals surface area contributed by atoms with Gasteiger partial charge in [0.1, 0.15) is 17.7 Å². The molecule has 0 saturated carbocycles. The maximum absolute atomic E-state index is 5.41. The summed E-state index contributed by atoms with van der Waals surface area (Å²) in [5, 5.41) is 7.71. The van der Waals surface area contributed by atoms with E-state index < -0.39 is 0 Å². The Morgan fingerprint density at radius 2 is 2.32 bits per heavy atom. The van der Waals surface area contributed by atoms with Crippen LogP contribution in [0.4, 0.5) is 0 Å². The van der Waals surface area contributed by atoms with Crippen LogP contribution in [0.15, 0.2) is 12.5 Å². The molecule has 3 rings (SSSR count). The number of aryl methyl sites for hydroxylation is 1. The van der Waals surface area contributed by atoms with Gasteiger partial charge in [0, 0.05) is 31.6 Å². The summed E-state index contributed by atoms with van der Waals surface area (Å²) in [5.74, 6) is 0.758. The van der Waals surface area contributed by atoms with Crippen molar-refractivity contribution in [3.63, 3.8) is 0 Å². The highest BCUT2D eigenvalue weighted by molar-refractivity contribution is 5.66. The maximum Gasteiger partial charge on any atom is 0.166 e. The number of rotatable bonds is 3. The molecule has 2 aromatic rings. The molecule has 0 aliphatic carbocycles. The summed E-state index contributed by atoms with van der Waals surface area (Å²) in [4.78, 5) is 8.84. The van der Waals surface area contributed by atoms with Gasteiger partial charge in [-0.25, -0.2) is 9.97 Å². The first-order valence-corrected chi connectivity index (χ1v) is 6.48. The summed E-state index contributed by atoms with van der Waals surface area (Å²) in [6.45, 7) is 4.60. The molecular weight excluding hydrogens is 242 g/mol. The van der Waals surface area contributed by atoms with Crippen molar-refractivity contribution in [1.29, 1.82) is 0 Å². The Morgan fingerprint density at radius 1 is 1.42 bits per heavy atom. The highest BCUT2D eigenvalue weighted by Crippen LogP contribution is 2.32. The smallest absolute Gasteiger partial charge is 0.166 e. The fourth-order valence-electron chi connectivity index (χ4n) is 2.47. The van der Waals surface area contributed by atoms with E-state index in [4.69, 9.17) is 4.74 Å². The van der Waals surface area contributed by atoms with Gasteiger partial charge in [-0.1, -0.05) is 0 Å². The predicted octanol–water partition coefficient (Wildman–Crippen LogP) is 1.01. The van der Waals surface area contributed by atoms with E-state index in [1.807, 2.05) is 4.68 Å². The topological polar surface area (TPSA) is 64.9 Å². The van der Waals surface area contributed by atoms with Gasteiger partial charge in [-0.15, -0.1) is 0 Å². The van der Waals surface area contributed by atoms with Crippen LogP contribution in [0.1, 0.15) is 18.2 Å². The van der Waals surface area contributed by atoms with Crippen LogP contribution in [-0.2, 0) is 19.5 Å². The van der Waals surface area contributed by atoms with Gasteiger partial charge < -0.3 is 10.1 Å². The van der Waals surface area contributed by atoms with Crippen molar-refractivity contribution in [3.8, 4) is 17.1 Å². The van der Waals surface area contributed by atoms with Crippen molar-refractivity contribution >= 4 is 0 Å². The Bertz CT molecular complexity index is 571. The van der Waals surface area contributed by atoms with E-state index in [0.29, 0.717) is 0 Å². The average Bonchev–Trinajstić information content (AvgIpc) is 2.89. The zero-order valence-electron chi connectivity index (χ0n) is 11.2. The van der Waals surface area contributed by atoms with Crippen LogP contribution in [0, 0.1) is 0 Å². The molecule has 2 aromatic heterocycles. The highest BCUT2D eigenvalue weighted by atomic mass is 16.5. The molecule has 19 heavy (non-hydrogen) atoms. The Morgan fingerprint density at radius 3 is 3.11 bits per heavy atom. The minimum atomic E-state index is 0.758. The molecule has 1 aliphatic heterocycles. The summed E-state index contributed by atoms with van der Waals surface area (Å²) in [5.41, 5.74) is 4.14. The molecule has 0 amide bonds. The second-order valence-corrected chi connectivity index (χ2v) is 4.45. The molecular formula is C13H17N5O. The van der Waals surface area contributed by atoms with Gasteiger partial charge in [-0.2, -0.15) is 5.10 Å². The highest BCUT2D eigenvalue weighted by Gasteiger charge is 2.22. The van der Waals surface area contributed by atoms with E-state index in [2.05, 4.69) is 27.3 Å². The third kappa shape index (κ3) is 1.98. The molecule has 3 heterocycles. The number of nitrogens with one attached hydrogen (secondary N) is 1. The fourth-order valence-corrected chi connectivity index (χ4v) is 2.47. The standard InChI is InChI=1S/C13H17N5O/c1-3-18-13(11(19-2)7-17-18)12-9-6-14-5-4-10(9)15-8-16-12/h7-8,14H,3-6H2,1-2H3. The van der Waals surface area contributed by atoms with Gasteiger partial charge in [0.2, 0.25) is 0 Å². The van der Waals surface area contributed by atoms with Crippen molar-refractivity contribution in [2.24, 2.45) is 0 Å². The third-order valence-electron chi connectivity index (χ3n) is 3.42. The summed E-state index contributed by atoms with van der Waals surface area (Å²) in [6.07, 6.45) is 4.31. The van der Waals surface area contributed by atoms with Crippen LogP contribution in [-0.4, -0.2) is 33.4 Å². The van der Waals surface area contributed by atoms with Gasteiger partial charge in [0.25, 0.3) is 0 Å². The monoisotopic (exact) mass is 259 g/mol. The number of hydrogen-bond acceptors (Lipinski definition) is 5. The Labute approximate surface area is 111 Å². The van der Waals surface area contributed by atoms with Crippen LogP contribution < -0.4 is 10.1 Å². The van der Waals surface area contributed by atoms with E-state index in [1.165, 1.54) is 0 Å². The van der Waals surface area contributed by atoms with Crippen molar-refractivity contribution in [2.75, 3.05) is 13.7 Å². The predicted molar refractivity (Wildman–Crippen MR) is 70.9 cm³/mol. The third-order valence-corrected chi connectivity index (χ3v) is 3.42. The average molecular weight is 259 g/mol. The van der Waals surface area contributed by atoms with Gasteiger partial charge in [-0.05, 0) is 6.92 Å². The number of methoxy groups -OCH3 is 1. The molecule has 6 nitrogen and oxygen atoms in total.